The maximum absolute atomic E-state index is 12.4. The van der Waals surface area contributed by atoms with Crippen molar-refractivity contribution in [2.75, 3.05) is 31.1 Å². The summed E-state index contributed by atoms with van der Waals surface area (Å²) in [6, 6.07) is 7.75. The average molecular weight is 313 g/mol. The van der Waals surface area contributed by atoms with E-state index in [-0.39, 0.29) is 5.91 Å². The number of H-pyrrole nitrogens is 1. The standard InChI is InChI=1S/C17H23N5O/c1-2-21(17(23)15-6-10-19-20-15)13-14-7-11-22(12-8-14)16-5-3-4-9-18-16/h3-6,9-10,14H,2,7-8,11-13H2,1H3,(H,19,20). The SMILES string of the molecule is CCN(CC1CCN(c2ccccn2)CC1)C(=O)c1ccn[nH]1. The molecule has 1 aliphatic rings. The summed E-state index contributed by atoms with van der Waals surface area (Å²) in [6.07, 6.45) is 5.63. The fraction of sp³-hybridized carbons (Fsp3) is 0.471. The van der Waals surface area contributed by atoms with Crippen LogP contribution in [0.4, 0.5) is 5.82 Å². The van der Waals surface area contributed by atoms with Gasteiger partial charge in [-0.25, -0.2) is 4.98 Å². The molecule has 0 radical (unpaired) electrons. The van der Waals surface area contributed by atoms with Crippen molar-refractivity contribution >= 4 is 11.7 Å². The van der Waals surface area contributed by atoms with Crippen LogP contribution in [0.2, 0.25) is 0 Å². The highest BCUT2D eigenvalue weighted by molar-refractivity contribution is 5.92. The van der Waals surface area contributed by atoms with Crippen LogP contribution in [0.15, 0.2) is 36.7 Å². The maximum Gasteiger partial charge on any atom is 0.271 e. The minimum absolute atomic E-state index is 0.0390. The molecule has 2 aromatic heterocycles. The van der Waals surface area contributed by atoms with Gasteiger partial charge in [0.1, 0.15) is 11.5 Å². The molecule has 1 aliphatic heterocycles. The topological polar surface area (TPSA) is 65.1 Å². The highest BCUT2D eigenvalue weighted by Gasteiger charge is 2.24. The van der Waals surface area contributed by atoms with Crippen molar-refractivity contribution in [3.8, 4) is 0 Å². The summed E-state index contributed by atoms with van der Waals surface area (Å²) < 4.78 is 0. The van der Waals surface area contributed by atoms with Crippen LogP contribution in [0.25, 0.3) is 0 Å². The van der Waals surface area contributed by atoms with E-state index >= 15 is 0 Å². The van der Waals surface area contributed by atoms with Gasteiger partial charge in [-0.3, -0.25) is 9.89 Å². The van der Waals surface area contributed by atoms with E-state index < -0.39 is 0 Å². The van der Waals surface area contributed by atoms with Gasteiger partial charge in [0.25, 0.3) is 5.91 Å². The van der Waals surface area contributed by atoms with E-state index in [0.29, 0.717) is 11.6 Å². The third-order valence-electron chi connectivity index (χ3n) is 4.47. The molecule has 1 saturated heterocycles. The molecule has 0 aliphatic carbocycles. The van der Waals surface area contributed by atoms with E-state index in [0.717, 1.165) is 44.8 Å². The summed E-state index contributed by atoms with van der Waals surface area (Å²) >= 11 is 0. The number of amides is 1. The number of carbonyl (C=O) groups is 1. The first-order valence-corrected chi connectivity index (χ1v) is 8.22. The number of piperidine rings is 1. The molecule has 1 amide bonds. The number of aromatic nitrogens is 3. The number of hydrogen-bond acceptors (Lipinski definition) is 4. The van der Waals surface area contributed by atoms with Gasteiger partial charge in [-0.05, 0) is 43.9 Å². The Morgan fingerprint density at radius 3 is 2.74 bits per heavy atom. The van der Waals surface area contributed by atoms with E-state index in [1.165, 1.54) is 0 Å². The van der Waals surface area contributed by atoms with Crippen molar-refractivity contribution in [2.24, 2.45) is 5.92 Å². The monoisotopic (exact) mass is 313 g/mol. The largest absolute Gasteiger partial charge is 0.357 e. The van der Waals surface area contributed by atoms with Gasteiger partial charge in [0.2, 0.25) is 0 Å². The smallest absolute Gasteiger partial charge is 0.271 e. The molecule has 6 heteroatoms. The fourth-order valence-electron chi connectivity index (χ4n) is 3.10. The third kappa shape index (κ3) is 3.70. The summed E-state index contributed by atoms with van der Waals surface area (Å²) in [4.78, 5) is 21.1. The molecule has 0 atom stereocenters. The number of rotatable bonds is 5. The predicted octanol–water partition coefficient (Wildman–Crippen LogP) is 2.18. The van der Waals surface area contributed by atoms with Crippen LogP contribution in [0.1, 0.15) is 30.3 Å². The molecule has 0 saturated carbocycles. The second-order valence-corrected chi connectivity index (χ2v) is 5.93. The van der Waals surface area contributed by atoms with Crippen molar-refractivity contribution in [1.29, 1.82) is 0 Å². The lowest BCUT2D eigenvalue weighted by molar-refractivity contribution is 0.0723. The molecule has 0 bridgehead atoms. The molecule has 0 spiro atoms. The Labute approximate surface area is 136 Å². The molecule has 3 heterocycles. The van der Waals surface area contributed by atoms with Gasteiger partial charge in [0.15, 0.2) is 0 Å². The van der Waals surface area contributed by atoms with Crippen molar-refractivity contribution < 1.29 is 4.79 Å². The number of nitrogens with one attached hydrogen (secondary N) is 1. The molecule has 0 unspecified atom stereocenters. The first-order chi connectivity index (χ1) is 11.3. The quantitative estimate of drug-likeness (QED) is 0.919. The van der Waals surface area contributed by atoms with Crippen molar-refractivity contribution in [3.63, 3.8) is 0 Å². The Morgan fingerprint density at radius 2 is 2.13 bits per heavy atom. The molecule has 2 aromatic rings. The summed E-state index contributed by atoms with van der Waals surface area (Å²) in [6.45, 7) is 5.55. The zero-order valence-electron chi connectivity index (χ0n) is 13.5. The summed E-state index contributed by atoms with van der Waals surface area (Å²) in [5, 5.41) is 6.62. The summed E-state index contributed by atoms with van der Waals surface area (Å²) in [5.74, 6) is 1.63. The number of hydrogen-bond donors (Lipinski definition) is 1. The molecular weight excluding hydrogens is 290 g/mol. The van der Waals surface area contributed by atoms with Crippen LogP contribution in [0, 0.1) is 5.92 Å². The van der Waals surface area contributed by atoms with Crippen molar-refractivity contribution in [3.05, 3.63) is 42.4 Å². The van der Waals surface area contributed by atoms with Crippen LogP contribution >= 0.6 is 0 Å². The molecule has 1 N–H and O–H groups in total. The van der Waals surface area contributed by atoms with Gasteiger partial charge in [-0.15, -0.1) is 0 Å². The maximum atomic E-state index is 12.4. The Bertz CT molecular complexity index is 605. The highest BCUT2D eigenvalue weighted by atomic mass is 16.2. The number of aromatic amines is 1. The van der Waals surface area contributed by atoms with E-state index in [4.69, 9.17) is 0 Å². The van der Waals surface area contributed by atoms with Gasteiger partial charge in [0.05, 0.1) is 0 Å². The molecular formula is C17H23N5O. The first-order valence-electron chi connectivity index (χ1n) is 8.22. The average Bonchev–Trinajstić information content (AvgIpc) is 3.15. The molecule has 23 heavy (non-hydrogen) atoms. The van der Waals surface area contributed by atoms with E-state index in [2.05, 4.69) is 26.1 Å². The summed E-state index contributed by atoms with van der Waals surface area (Å²) in [5.41, 5.74) is 0.567. The Morgan fingerprint density at radius 1 is 1.30 bits per heavy atom. The zero-order chi connectivity index (χ0) is 16.1. The van der Waals surface area contributed by atoms with Crippen molar-refractivity contribution in [2.45, 2.75) is 19.8 Å². The minimum atomic E-state index is 0.0390. The van der Waals surface area contributed by atoms with Gasteiger partial charge in [-0.1, -0.05) is 6.07 Å². The lowest BCUT2D eigenvalue weighted by atomic mass is 9.96. The van der Waals surface area contributed by atoms with Crippen LogP contribution in [0.5, 0.6) is 0 Å². The lowest BCUT2D eigenvalue weighted by Crippen LogP contribution is -2.41. The second kappa shape index (κ2) is 7.26. The number of anilines is 1. The van der Waals surface area contributed by atoms with E-state index in [1.807, 2.05) is 30.2 Å². The van der Waals surface area contributed by atoms with Crippen LogP contribution < -0.4 is 4.90 Å². The number of nitrogens with zero attached hydrogens (tertiary/aromatic N) is 4. The van der Waals surface area contributed by atoms with Gasteiger partial charge < -0.3 is 9.80 Å². The highest BCUT2D eigenvalue weighted by Crippen LogP contribution is 2.22. The van der Waals surface area contributed by atoms with E-state index in [1.54, 1.807) is 12.3 Å². The molecule has 6 nitrogen and oxygen atoms in total. The van der Waals surface area contributed by atoms with E-state index in [9.17, 15) is 4.79 Å². The summed E-state index contributed by atoms with van der Waals surface area (Å²) in [7, 11) is 0. The normalized spacial score (nSPS) is 15.6. The molecule has 0 aromatic carbocycles. The predicted molar refractivity (Wildman–Crippen MR) is 89.3 cm³/mol. The molecule has 3 rings (SSSR count). The van der Waals surface area contributed by atoms with Gasteiger partial charge >= 0.3 is 0 Å². The second-order valence-electron chi connectivity index (χ2n) is 5.93. The van der Waals surface area contributed by atoms with Crippen LogP contribution in [-0.4, -0.2) is 52.2 Å². The Hall–Kier alpha value is -2.37. The minimum Gasteiger partial charge on any atom is -0.357 e. The van der Waals surface area contributed by atoms with Crippen molar-refractivity contribution in [1.82, 2.24) is 20.1 Å². The van der Waals surface area contributed by atoms with Crippen LogP contribution in [-0.2, 0) is 0 Å². The first kappa shape index (κ1) is 15.5. The molecule has 122 valence electrons. The number of carbonyl (C=O) groups excluding carboxylic acids is 1. The molecule has 1 fully saturated rings. The number of pyridine rings is 1. The zero-order valence-corrected chi connectivity index (χ0v) is 13.5. The Balaban J connectivity index is 1.54. The van der Waals surface area contributed by atoms with Gasteiger partial charge in [-0.2, -0.15) is 5.10 Å². The van der Waals surface area contributed by atoms with Crippen LogP contribution in [0.3, 0.4) is 0 Å². The Kier molecular flexibility index (Phi) is 4.90. The lowest BCUT2D eigenvalue weighted by Gasteiger charge is -2.35. The van der Waals surface area contributed by atoms with Gasteiger partial charge in [0, 0.05) is 38.6 Å². The fourth-order valence-corrected chi connectivity index (χ4v) is 3.10. The third-order valence-corrected chi connectivity index (χ3v) is 4.47.